The Morgan fingerprint density at radius 3 is 2.41 bits per heavy atom. The van der Waals surface area contributed by atoms with E-state index in [9.17, 15) is 9.18 Å². The van der Waals surface area contributed by atoms with Crippen LogP contribution in [0.4, 0.5) is 10.1 Å². The second-order valence-corrected chi connectivity index (χ2v) is 7.51. The van der Waals surface area contributed by atoms with Gasteiger partial charge in [0.2, 0.25) is 11.8 Å². The summed E-state index contributed by atoms with van der Waals surface area (Å²) in [4.78, 5) is 12.5. The molecular weight excluding hydrogens is 405 g/mol. The summed E-state index contributed by atoms with van der Waals surface area (Å²) in [7, 11) is 0. The number of aryl methyl sites for hydroxylation is 2. The molecule has 0 atom stereocenters. The van der Waals surface area contributed by atoms with E-state index in [1.807, 2.05) is 68.4 Å². The number of hydrogen-bond donors (Lipinski definition) is 1. The molecule has 6 heteroatoms. The highest BCUT2D eigenvalue weighted by Crippen LogP contribution is 2.33. The van der Waals surface area contributed by atoms with Gasteiger partial charge in [0.25, 0.3) is 0 Å². The lowest BCUT2D eigenvalue weighted by molar-refractivity contribution is -0.116. The van der Waals surface area contributed by atoms with Crippen molar-refractivity contribution in [2.75, 3.05) is 5.32 Å². The topological polar surface area (TPSA) is 56.2 Å². The molecule has 0 saturated heterocycles. The maximum Gasteiger partial charge on any atom is 0.226 e. The number of nitrogens with zero attached hydrogens (tertiary/aromatic N) is 2. The van der Waals surface area contributed by atoms with E-state index in [4.69, 9.17) is 4.74 Å². The number of carbonyl (C=O) groups is 1. The third-order valence-electron chi connectivity index (χ3n) is 5.18. The van der Waals surface area contributed by atoms with Gasteiger partial charge in [-0.15, -0.1) is 0 Å². The van der Waals surface area contributed by atoms with Crippen molar-refractivity contribution in [3.05, 3.63) is 102 Å². The first-order valence-corrected chi connectivity index (χ1v) is 10.4. The first kappa shape index (κ1) is 21.3. The van der Waals surface area contributed by atoms with Crippen LogP contribution in [0.2, 0.25) is 0 Å². The number of halogens is 1. The summed E-state index contributed by atoms with van der Waals surface area (Å²) in [5, 5.41) is 7.56. The number of hydrogen-bond acceptors (Lipinski definition) is 3. The molecule has 0 fully saturated rings. The van der Waals surface area contributed by atoms with Gasteiger partial charge in [-0.25, -0.2) is 4.39 Å². The van der Waals surface area contributed by atoms with Crippen LogP contribution < -0.4 is 10.1 Å². The SMILES string of the molecule is Cc1ccccc1-n1nc(C)c(CCC(=O)Nc2ccccc2)c1Oc1ccccc1F. The minimum atomic E-state index is -0.463. The highest BCUT2D eigenvalue weighted by Gasteiger charge is 2.21. The van der Waals surface area contributed by atoms with Gasteiger partial charge in [-0.3, -0.25) is 4.79 Å². The molecule has 1 N–H and O–H groups in total. The van der Waals surface area contributed by atoms with Crippen LogP contribution in [0, 0.1) is 19.7 Å². The lowest BCUT2D eigenvalue weighted by Crippen LogP contribution is -2.12. The Labute approximate surface area is 186 Å². The summed E-state index contributed by atoms with van der Waals surface area (Å²) >= 11 is 0. The fraction of sp³-hybridized carbons (Fsp3) is 0.154. The lowest BCUT2D eigenvalue weighted by Gasteiger charge is -2.13. The quantitative estimate of drug-likeness (QED) is 0.392. The van der Waals surface area contributed by atoms with Crippen molar-refractivity contribution in [1.29, 1.82) is 0 Å². The minimum absolute atomic E-state index is 0.109. The first-order chi connectivity index (χ1) is 15.5. The molecule has 1 aromatic heterocycles. The number of ether oxygens (including phenoxy) is 1. The third-order valence-corrected chi connectivity index (χ3v) is 5.18. The fourth-order valence-electron chi connectivity index (χ4n) is 3.51. The lowest BCUT2D eigenvalue weighted by atomic mass is 10.1. The van der Waals surface area contributed by atoms with Gasteiger partial charge in [0.15, 0.2) is 11.6 Å². The number of nitrogens with one attached hydrogen (secondary N) is 1. The van der Waals surface area contributed by atoms with Gasteiger partial charge in [0, 0.05) is 17.7 Å². The fourth-order valence-corrected chi connectivity index (χ4v) is 3.51. The number of amides is 1. The molecule has 0 saturated carbocycles. The molecule has 4 aromatic rings. The van der Waals surface area contributed by atoms with E-state index < -0.39 is 5.82 Å². The van der Waals surface area contributed by atoms with Crippen LogP contribution >= 0.6 is 0 Å². The van der Waals surface area contributed by atoms with E-state index in [0.29, 0.717) is 12.3 Å². The van der Waals surface area contributed by atoms with E-state index in [2.05, 4.69) is 10.4 Å². The Morgan fingerprint density at radius 1 is 0.969 bits per heavy atom. The zero-order valence-corrected chi connectivity index (χ0v) is 18.0. The average molecular weight is 429 g/mol. The third kappa shape index (κ3) is 4.70. The van der Waals surface area contributed by atoms with Crippen molar-refractivity contribution in [2.24, 2.45) is 0 Å². The zero-order chi connectivity index (χ0) is 22.5. The second kappa shape index (κ2) is 9.47. The highest BCUT2D eigenvalue weighted by molar-refractivity contribution is 5.90. The Morgan fingerprint density at radius 2 is 1.66 bits per heavy atom. The molecule has 0 spiro atoms. The largest absolute Gasteiger partial charge is 0.436 e. The smallest absolute Gasteiger partial charge is 0.226 e. The number of aromatic nitrogens is 2. The molecule has 32 heavy (non-hydrogen) atoms. The monoisotopic (exact) mass is 429 g/mol. The molecule has 0 bridgehead atoms. The predicted molar refractivity (Wildman–Crippen MR) is 123 cm³/mol. The Hall–Kier alpha value is -3.93. The number of para-hydroxylation sites is 3. The summed E-state index contributed by atoms with van der Waals surface area (Å²) < 4.78 is 22.1. The summed E-state index contributed by atoms with van der Waals surface area (Å²) in [6.45, 7) is 3.85. The summed E-state index contributed by atoms with van der Waals surface area (Å²) in [5.41, 5.74) is 4.07. The van der Waals surface area contributed by atoms with Crippen molar-refractivity contribution in [2.45, 2.75) is 26.7 Å². The van der Waals surface area contributed by atoms with Crippen LogP contribution in [0.5, 0.6) is 11.6 Å². The average Bonchev–Trinajstić information content (AvgIpc) is 3.09. The minimum Gasteiger partial charge on any atom is -0.436 e. The maximum absolute atomic E-state index is 14.4. The number of rotatable bonds is 7. The van der Waals surface area contributed by atoms with Crippen molar-refractivity contribution in [1.82, 2.24) is 9.78 Å². The molecule has 162 valence electrons. The Bertz CT molecular complexity index is 1240. The van der Waals surface area contributed by atoms with E-state index in [0.717, 1.165) is 28.2 Å². The normalized spacial score (nSPS) is 10.7. The van der Waals surface area contributed by atoms with Crippen LogP contribution in [0.15, 0.2) is 78.9 Å². The van der Waals surface area contributed by atoms with Crippen molar-refractivity contribution < 1.29 is 13.9 Å². The number of carbonyl (C=O) groups excluding carboxylic acids is 1. The molecule has 0 unspecified atom stereocenters. The zero-order valence-electron chi connectivity index (χ0n) is 18.0. The molecule has 5 nitrogen and oxygen atoms in total. The van der Waals surface area contributed by atoms with Crippen LogP contribution in [-0.2, 0) is 11.2 Å². The van der Waals surface area contributed by atoms with E-state index in [-0.39, 0.29) is 18.1 Å². The molecule has 0 aliphatic rings. The van der Waals surface area contributed by atoms with Crippen molar-refractivity contribution in [3.63, 3.8) is 0 Å². The molecule has 0 radical (unpaired) electrons. The van der Waals surface area contributed by atoms with Gasteiger partial charge in [0.1, 0.15) is 0 Å². The summed E-state index contributed by atoms with van der Waals surface area (Å²) in [5.74, 6) is -0.0572. The summed E-state index contributed by atoms with van der Waals surface area (Å²) in [6.07, 6.45) is 0.642. The van der Waals surface area contributed by atoms with E-state index in [1.165, 1.54) is 6.07 Å². The van der Waals surface area contributed by atoms with Gasteiger partial charge in [-0.1, -0.05) is 48.5 Å². The van der Waals surface area contributed by atoms with Gasteiger partial charge in [-0.2, -0.15) is 9.78 Å². The first-order valence-electron chi connectivity index (χ1n) is 10.4. The van der Waals surface area contributed by atoms with Crippen LogP contribution in [-0.4, -0.2) is 15.7 Å². The van der Waals surface area contributed by atoms with E-state index in [1.54, 1.807) is 22.9 Å². The Balaban J connectivity index is 1.66. The molecule has 4 rings (SSSR count). The molecule has 0 aliphatic carbocycles. The van der Waals surface area contributed by atoms with Gasteiger partial charge >= 0.3 is 0 Å². The van der Waals surface area contributed by atoms with Gasteiger partial charge in [0.05, 0.1) is 11.4 Å². The molecule has 1 heterocycles. The molecule has 1 amide bonds. The van der Waals surface area contributed by atoms with Gasteiger partial charge in [-0.05, 0) is 56.2 Å². The van der Waals surface area contributed by atoms with Crippen LogP contribution in [0.1, 0.15) is 23.2 Å². The van der Waals surface area contributed by atoms with Crippen LogP contribution in [0.25, 0.3) is 5.69 Å². The second-order valence-electron chi connectivity index (χ2n) is 7.51. The predicted octanol–water partition coefficient (Wildman–Crippen LogP) is 5.99. The van der Waals surface area contributed by atoms with Crippen molar-refractivity contribution >= 4 is 11.6 Å². The number of benzene rings is 3. The van der Waals surface area contributed by atoms with Crippen LogP contribution in [0.3, 0.4) is 0 Å². The Kier molecular flexibility index (Phi) is 6.31. The van der Waals surface area contributed by atoms with Gasteiger partial charge < -0.3 is 10.1 Å². The number of anilines is 1. The van der Waals surface area contributed by atoms with Crippen molar-refractivity contribution in [3.8, 4) is 17.3 Å². The standard InChI is InChI=1S/C26H24FN3O2/c1-18-10-6-8-14-23(18)30-26(32-24-15-9-7-13-22(24)27)21(19(2)29-30)16-17-25(31)28-20-11-4-3-5-12-20/h3-15H,16-17H2,1-2H3,(H,28,31). The summed E-state index contributed by atoms with van der Waals surface area (Å²) in [6, 6.07) is 23.3. The maximum atomic E-state index is 14.4. The molecular formula is C26H24FN3O2. The molecule has 3 aromatic carbocycles. The van der Waals surface area contributed by atoms with E-state index >= 15 is 0 Å². The highest BCUT2D eigenvalue weighted by atomic mass is 19.1. The molecule has 0 aliphatic heterocycles.